The van der Waals surface area contributed by atoms with Crippen LogP contribution in [-0.4, -0.2) is 27.4 Å². The Labute approximate surface area is 195 Å². The molecule has 34 heavy (non-hydrogen) atoms. The molecule has 1 aromatic heterocycles. The zero-order valence-electron chi connectivity index (χ0n) is 18.2. The molecule has 0 fully saturated rings. The number of urea groups is 1. The van der Waals surface area contributed by atoms with Gasteiger partial charge in [-0.2, -0.15) is 0 Å². The summed E-state index contributed by atoms with van der Waals surface area (Å²) in [6.45, 7) is 0.565. The molecule has 0 aliphatic rings. The predicted octanol–water partition coefficient (Wildman–Crippen LogP) is 3.10. The van der Waals surface area contributed by atoms with E-state index in [1.807, 2.05) is 28.8 Å². The number of aromatic nitrogens is 1. The minimum Gasteiger partial charge on any atom is -0.507 e. The van der Waals surface area contributed by atoms with Gasteiger partial charge in [0.2, 0.25) is 0 Å². The van der Waals surface area contributed by atoms with Gasteiger partial charge in [-0.05, 0) is 47.5 Å². The van der Waals surface area contributed by atoms with Gasteiger partial charge in [0.1, 0.15) is 17.3 Å². The van der Waals surface area contributed by atoms with Crippen LogP contribution in [0.1, 0.15) is 27.2 Å². The van der Waals surface area contributed by atoms with E-state index < -0.39 is 6.03 Å². The van der Waals surface area contributed by atoms with Gasteiger partial charge in [0.05, 0.1) is 5.52 Å². The molecule has 0 unspecified atom stereocenters. The first kappa shape index (κ1) is 22.4. The maximum Gasteiger partial charge on any atom is 0.316 e. The summed E-state index contributed by atoms with van der Waals surface area (Å²) in [7, 11) is 0. The fraction of sp³-hybridized carbons (Fsp3) is 0.0800. The first-order chi connectivity index (χ1) is 16.3. The molecule has 0 spiro atoms. The van der Waals surface area contributed by atoms with Crippen molar-refractivity contribution in [2.24, 2.45) is 11.5 Å². The lowest BCUT2D eigenvalue weighted by molar-refractivity contribution is 0.0942. The molecule has 3 amide bonds. The number of aromatic hydroxyl groups is 1. The average Bonchev–Trinajstić information content (AvgIpc) is 3.17. The lowest BCUT2D eigenvalue weighted by Crippen LogP contribution is -2.26. The minimum atomic E-state index is -0.667. The number of carbonyl (C=O) groups excluding carboxylic acids is 2. The molecule has 0 saturated heterocycles. The summed E-state index contributed by atoms with van der Waals surface area (Å²) in [6.07, 6.45) is 0. The highest BCUT2D eigenvalue weighted by molar-refractivity contribution is 6.00. The number of nitrogens with one attached hydrogen (secondary N) is 3. The van der Waals surface area contributed by atoms with Gasteiger partial charge >= 0.3 is 6.03 Å². The molecular weight excluding hydrogens is 432 g/mol. The number of amidine groups is 1. The van der Waals surface area contributed by atoms with Crippen LogP contribution in [0.2, 0.25) is 0 Å². The maximum atomic E-state index is 13.2. The number of rotatable bonds is 7. The third-order valence-corrected chi connectivity index (χ3v) is 5.38. The molecule has 8 N–H and O–H groups in total. The number of nitrogen functional groups attached to an aromatic ring is 1. The van der Waals surface area contributed by atoms with Crippen molar-refractivity contribution in [2.45, 2.75) is 13.1 Å². The summed E-state index contributed by atoms with van der Waals surface area (Å²) < 4.78 is 1.81. The minimum absolute atomic E-state index is 0.0390. The van der Waals surface area contributed by atoms with Gasteiger partial charge in [-0.3, -0.25) is 10.2 Å². The van der Waals surface area contributed by atoms with Crippen LogP contribution >= 0.6 is 0 Å². The molecule has 9 nitrogen and oxygen atoms in total. The summed E-state index contributed by atoms with van der Waals surface area (Å²) in [6, 6.07) is 20.4. The fourth-order valence-corrected chi connectivity index (χ4v) is 3.82. The summed E-state index contributed by atoms with van der Waals surface area (Å²) in [4.78, 5) is 24.3. The number of hydrogen-bond acceptors (Lipinski definition) is 4. The number of amides is 3. The van der Waals surface area contributed by atoms with Crippen molar-refractivity contribution in [3.05, 3.63) is 95.2 Å². The van der Waals surface area contributed by atoms with Crippen LogP contribution in [0.15, 0.2) is 72.8 Å². The number of anilines is 1. The number of fused-ring (bicyclic) bond motifs is 1. The Kier molecular flexibility index (Phi) is 6.18. The lowest BCUT2D eigenvalue weighted by Gasteiger charge is -2.13. The van der Waals surface area contributed by atoms with Gasteiger partial charge in [-0.25, -0.2) is 4.79 Å². The van der Waals surface area contributed by atoms with Gasteiger partial charge in [0.25, 0.3) is 5.91 Å². The normalized spacial score (nSPS) is 10.7. The molecule has 0 aliphatic heterocycles. The smallest absolute Gasteiger partial charge is 0.316 e. The number of benzene rings is 3. The van der Waals surface area contributed by atoms with E-state index in [0.29, 0.717) is 34.4 Å². The Morgan fingerprint density at radius 2 is 1.68 bits per heavy atom. The molecule has 1 heterocycles. The van der Waals surface area contributed by atoms with Crippen molar-refractivity contribution < 1.29 is 14.7 Å². The van der Waals surface area contributed by atoms with E-state index in [-0.39, 0.29) is 24.0 Å². The molecule has 0 saturated carbocycles. The number of nitrogens with zero attached hydrogens (tertiary/aromatic N) is 1. The summed E-state index contributed by atoms with van der Waals surface area (Å²) in [5, 5.41) is 24.0. The summed E-state index contributed by atoms with van der Waals surface area (Å²) >= 11 is 0. The van der Waals surface area contributed by atoms with Crippen molar-refractivity contribution in [1.29, 1.82) is 5.41 Å². The monoisotopic (exact) mass is 456 g/mol. The second-order valence-electron chi connectivity index (χ2n) is 7.81. The van der Waals surface area contributed by atoms with Crippen LogP contribution in [-0.2, 0) is 13.1 Å². The van der Waals surface area contributed by atoms with E-state index in [4.69, 9.17) is 16.9 Å². The van der Waals surface area contributed by atoms with Gasteiger partial charge in [0, 0.05) is 29.7 Å². The second-order valence-corrected chi connectivity index (χ2v) is 7.81. The highest BCUT2D eigenvalue weighted by Crippen LogP contribution is 2.29. The third-order valence-electron chi connectivity index (χ3n) is 5.38. The second kappa shape index (κ2) is 9.37. The third kappa shape index (κ3) is 4.83. The van der Waals surface area contributed by atoms with Crippen LogP contribution in [0.4, 0.5) is 10.5 Å². The number of phenols is 1. The highest BCUT2D eigenvalue weighted by Gasteiger charge is 2.18. The Balaban J connectivity index is 1.63. The molecular formula is C25H24N6O3. The van der Waals surface area contributed by atoms with Gasteiger partial charge < -0.3 is 31.8 Å². The fourth-order valence-electron chi connectivity index (χ4n) is 3.82. The number of hydrogen-bond donors (Lipinski definition) is 6. The zero-order chi connectivity index (χ0) is 24.2. The van der Waals surface area contributed by atoms with E-state index in [9.17, 15) is 14.7 Å². The van der Waals surface area contributed by atoms with Crippen LogP contribution in [0.5, 0.6) is 5.75 Å². The van der Waals surface area contributed by atoms with E-state index in [1.165, 1.54) is 0 Å². The predicted molar refractivity (Wildman–Crippen MR) is 131 cm³/mol. The standard InChI is InChI=1S/C25H24N6O3/c26-23(27)17-6-1-5-16(10-17)14-31-20-8-3-9-22(32)19(20)12-21(31)24(33)29-13-15-4-2-7-18(11-15)30-25(28)34/h1-12,32H,13-14H2,(H3,26,27)(H,29,33)(H3,28,30,34). The van der Waals surface area contributed by atoms with Crippen molar-refractivity contribution in [2.75, 3.05) is 5.32 Å². The Bertz CT molecular complexity index is 1410. The topological polar surface area (TPSA) is 159 Å². The van der Waals surface area contributed by atoms with Crippen molar-refractivity contribution in [3.8, 4) is 5.75 Å². The zero-order valence-corrected chi connectivity index (χ0v) is 18.2. The number of nitrogens with two attached hydrogens (primary N) is 2. The first-order valence-electron chi connectivity index (χ1n) is 10.5. The van der Waals surface area contributed by atoms with Crippen LogP contribution in [0.3, 0.4) is 0 Å². The van der Waals surface area contributed by atoms with E-state index >= 15 is 0 Å². The van der Waals surface area contributed by atoms with E-state index in [0.717, 1.165) is 11.1 Å². The SMILES string of the molecule is N=C(N)c1cccc(Cn2c(C(=O)NCc3cccc(NC(N)=O)c3)cc3c(O)cccc32)c1. The molecule has 4 rings (SSSR count). The molecule has 172 valence electrons. The Morgan fingerprint density at radius 1 is 0.941 bits per heavy atom. The molecule has 9 heteroatoms. The Morgan fingerprint density at radius 3 is 2.44 bits per heavy atom. The average molecular weight is 457 g/mol. The van der Waals surface area contributed by atoms with Gasteiger partial charge in [0.15, 0.2) is 0 Å². The van der Waals surface area contributed by atoms with Gasteiger partial charge in [-0.1, -0.05) is 36.4 Å². The highest BCUT2D eigenvalue weighted by atomic mass is 16.3. The lowest BCUT2D eigenvalue weighted by atomic mass is 10.1. The first-order valence-corrected chi connectivity index (χ1v) is 10.5. The summed E-state index contributed by atoms with van der Waals surface area (Å²) in [5.41, 5.74) is 14.6. The van der Waals surface area contributed by atoms with Crippen LogP contribution in [0.25, 0.3) is 10.9 Å². The molecule has 0 radical (unpaired) electrons. The number of carbonyl (C=O) groups is 2. The van der Waals surface area contributed by atoms with Crippen LogP contribution in [0, 0.1) is 5.41 Å². The molecule has 0 atom stereocenters. The largest absolute Gasteiger partial charge is 0.507 e. The quantitative estimate of drug-likeness (QED) is 0.186. The molecule has 4 aromatic rings. The number of phenolic OH excluding ortho intramolecular Hbond substituents is 1. The molecule has 0 bridgehead atoms. The molecule has 0 aliphatic carbocycles. The van der Waals surface area contributed by atoms with Crippen molar-refractivity contribution >= 4 is 34.4 Å². The molecule has 3 aromatic carbocycles. The Hall–Kier alpha value is -4.79. The van der Waals surface area contributed by atoms with Crippen molar-refractivity contribution in [1.82, 2.24) is 9.88 Å². The van der Waals surface area contributed by atoms with E-state index in [2.05, 4.69) is 10.6 Å². The maximum absolute atomic E-state index is 13.2. The van der Waals surface area contributed by atoms with Crippen molar-refractivity contribution in [3.63, 3.8) is 0 Å². The van der Waals surface area contributed by atoms with E-state index in [1.54, 1.807) is 48.5 Å². The van der Waals surface area contributed by atoms with Crippen LogP contribution < -0.4 is 22.1 Å². The number of primary amides is 1. The summed E-state index contributed by atoms with van der Waals surface area (Å²) in [5.74, 6) is -0.289. The van der Waals surface area contributed by atoms with Gasteiger partial charge in [-0.15, -0.1) is 0 Å².